The zero-order valence-electron chi connectivity index (χ0n) is 11.3. The van der Waals surface area contributed by atoms with Crippen molar-refractivity contribution in [3.05, 3.63) is 30.3 Å². The van der Waals surface area contributed by atoms with Gasteiger partial charge >= 0.3 is 0 Å². The Morgan fingerprint density at radius 3 is 2.74 bits per heavy atom. The standard InChI is InChI=1S/C14H21NO2S2/c1-19(16,17)10-9-15-8-7-13(11-15)12-18-14-5-3-2-4-6-14/h2-6,13H,7-12H2,1H3/t13-/m1/s1. The third kappa shape index (κ3) is 5.55. The lowest BCUT2D eigenvalue weighted by Crippen LogP contribution is -2.27. The number of nitrogens with zero attached hydrogens (tertiary/aromatic N) is 1. The molecule has 1 aliphatic heterocycles. The third-order valence-electron chi connectivity index (χ3n) is 3.38. The maximum absolute atomic E-state index is 11.1. The van der Waals surface area contributed by atoms with E-state index < -0.39 is 9.84 Å². The molecule has 1 aliphatic rings. The molecule has 0 unspecified atom stereocenters. The normalized spacial score (nSPS) is 20.8. The molecule has 0 amide bonds. The Hall–Kier alpha value is -0.520. The minimum Gasteiger partial charge on any atom is -0.302 e. The summed E-state index contributed by atoms with van der Waals surface area (Å²) in [5, 5.41) is 0. The molecule has 0 aliphatic carbocycles. The van der Waals surface area contributed by atoms with Crippen LogP contribution in [-0.4, -0.2) is 50.7 Å². The van der Waals surface area contributed by atoms with Crippen LogP contribution in [0.5, 0.6) is 0 Å². The average molecular weight is 299 g/mol. The molecular formula is C14H21NO2S2. The van der Waals surface area contributed by atoms with Gasteiger partial charge in [0, 0.05) is 30.0 Å². The molecule has 1 fully saturated rings. The Bertz CT molecular complexity index is 487. The van der Waals surface area contributed by atoms with E-state index in [0.29, 0.717) is 12.5 Å². The summed E-state index contributed by atoms with van der Waals surface area (Å²) in [5.74, 6) is 2.09. The molecule has 0 spiro atoms. The number of likely N-dealkylation sites (tertiary alicyclic amines) is 1. The number of benzene rings is 1. The first kappa shape index (κ1) is 14.9. The number of sulfone groups is 1. The molecule has 106 valence electrons. The Labute approximate surface area is 120 Å². The summed E-state index contributed by atoms with van der Waals surface area (Å²) < 4.78 is 22.3. The van der Waals surface area contributed by atoms with Gasteiger partial charge in [-0.1, -0.05) is 18.2 Å². The van der Waals surface area contributed by atoms with Crippen LogP contribution in [0.2, 0.25) is 0 Å². The molecule has 0 radical (unpaired) electrons. The summed E-state index contributed by atoms with van der Waals surface area (Å²) >= 11 is 1.90. The van der Waals surface area contributed by atoms with Crippen LogP contribution in [0.25, 0.3) is 0 Å². The van der Waals surface area contributed by atoms with Crippen molar-refractivity contribution in [2.75, 3.05) is 37.4 Å². The third-order valence-corrected chi connectivity index (χ3v) is 5.54. The van der Waals surface area contributed by atoms with Crippen LogP contribution in [0, 0.1) is 5.92 Å². The van der Waals surface area contributed by atoms with Gasteiger partial charge in [0.05, 0.1) is 5.75 Å². The fourth-order valence-electron chi connectivity index (χ4n) is 2.28. The molecule has 1 aromatic carbocycles. The van der Waals surface area contributed by atoms with Crippen LogP contribution in [-0.2, 0) is 9.84 Å². The summed E-state index contributed by atoms with van der Waals surface area (Å²) in [7, 11) is -2.83. The summed E-state index contributed by atoms with van der Waals surface area (Å²) in [5.41, 5.74) is 0. The average Bonchev–Trinajstić information content (AvgIpc) is 2.82. The lowest BCUT2D eigenvalue weighted by molar-refractivity contribution is 0.348. The lowest BCUT2D eigenvalue weighted by Gasteiger charge is -2.15. The van der Waals surface area contributed by atoms with E-state index in [1.165, 1.54) is 17.6 Å². The topological polar surface area (TPSA) is 37.4 Å². The van der Waals surface area contributed by atoms with Crippen molar-refractivity contribution >= 4 is 21.6 Å². The van der Waals surface area contributed by atoms with Gasteiger partial charge in [-0.25, -0.2) is 8.42 Å². The van der Waals surface area contributed by atoms with Crippen LogP contribution in [0.3, 0.4) is 0 Å². The van der Waals surface area contributed by atoms with Gasteiger partial charge in [0.15, 0.2) is 0 Å². The first-order chi connectivity index (χ1) is 9.03. The van der Waals surface area contributed by atoms with Crippen molar-refractivity contribution in [2.45, 2.75) is 11.3 Å². The summed E-state index contributed by atoms with van der Waals surface area (Å²) in [6.45, 7) is 2.76. The Balaban J connectivity index is 1.70. The maximum atomic E-state index is 11.1. The first-order valence-corrected chi connectivity index (χ1v) is 9.65. The van der Waals surface area contributed by atoms with E-state index in [2.05, 4.69) is 29.2 Å². The van der Waals surface area contributed by atoms with E-state index in [0.717, 1.165) is 18.8 Å². The highest BCUT2D eigenvalue weighted by Gasteiger charge is 2.22. The van der Waals surface area contributed by atoms with Crippen LogP contribution < -0.4 is 0 Å². The quantitative estimate of drug-likeness (QED) is 0.754. The molecule has 1 saturated heterocycles. The first-order valence-electron chi connectivity index (χ1n) is 6.61. The molecule has 3 nitrogen and oxygen atoms in total. The van der Waals surface area contributed by atoms with E-state index in [4.69, 9.17) is 0 Å². The smallest absolute Gasteiger partial charge is 0.148 e. The monoisotopic (exact) mass is 299 g/mol. The second-order valence-corrected chi connectivity index (χ2v) is 8.56. The van der Waals surface area contributed by atoms with Gasteiger partial charge in [0.25, 0.3) is 0 Å². The largest absolute Gasteiger partial charge is 0.302 e. The maximum Gasteiger partial charge on any atom is 0.148 e. The minimum atomic E-state index is -2.83. The molecule has 0 bridgehead atoms. The van der Waals surface area contributed by atoms with Gasteiger partial charge < -0.3 is 4.90 Å². The Kier molecular flexibility index (Phi) is 5.30. The van der Waals surface area contributed by atoms with E-state index in [1.54, 1.807) is 0 Å². The van der Waals surface area contributed by atoms with E-state index in [9.17, 15) is 8.42 Å². The molecule has 5 heteroatoms. The SMILES string of the molecule is CS(=O)(=O)CCN1CC[C@@H](CSc2ccccc2)C1. The van der Waals surface area contributed by atoms with Crippen LogP contribution in [0.15, 0.2) is 35.2 Å². The van der Waals surface area contributed by atoms with Gasteiger partial charge in [0.1, 0.15) is 9.84 Å². The zero-order valence-corrected chi connectivity index (χ0v) is 12.9. The molecule has 1 aromatic rings. The van der Waals surface area contributed by atoms with Crippen LogP contribution in [0.1, 0.15) is 6.42 Å². The summed E-state index contributed by atoms with van der Waals surface area (Å²) in [6, 6.07) is 10.4. The fraction of sp³-hybridized carbons (Fsp3) is 0.571. The summed E-state index contributed by atoms with van der Waals surface area (Å²) in [4.78, 5) is 3.59. The highest BCUT2D eigenvalue weighted by atomic mass is 32.2. The van der Waals surface area contributed by atoms with Gasteiger partial charge in [-0.15, -0.1) is 11.8 Å². The number of thioether (sulfide) groups is 1. The number of hydrogen-bond acceptors (Lipinski definition) is 4. The number of rotatable bonds is 6. The van der Waals surface area contributed by atoms with Crippen LogP contribution >= 0.6 is 11.8 Å². The van der Waals surface area contributed by atoms with Crippen molar-refractivity contribution in [1.29, 1.82) is 0 Å². The lowest BCUT2D eigenvalue weighted by atomic mass is 10.2. The van der Waals surface area contributed by atoms with Gasteiger partial charge in [-0.05, 0) is 31.0 Å². The van der Waals surface area contributed by atoms with Crippen molar-refractivity contribution in [1.82, 2.24) is 4.90 Å². The molecule has 19 heavy (non-hydrogen) atoms. The predicted octanol–water partition coefficient (Wildman–Crippen LogP) is 2.15. The van der Waals surface area contributed by atoms with Crippen molar-refractivity contribution in [3.63, 3.8) is 0 Å². The van der Waals surface area contributed by atoms with Gasteiger partial charge in [0.2, 0.25) is 0 Å². The zero-order chi connectivity index (χ0) is 13.7. The Morgan fingerprint density at radius 2 is 2.05 bits per heavy atom. The molecule has 0 saturated carbocycles. The molecule has 1 atom stereocenters. The molecule has 0 N–H and O–H groups in total. The molecule has 1 heterocycles. The molecule has 2 rings (SSSR count). The highest BCUT2D eigenvalue weighted by molar-refractivity contribution is 7.99. The van der Waals surface area contributed by atoms with Gasteiger partial charge in [-0.3, -0.25) is 0 Å². The second kappa shape index (κ2) is 6.77. The Morgan fingerprint density at radius 1 is 1.32 bits per heavy atom. The molecular weight excluding hydrogens is 278 g/mol. The molecule has 0 aromatic heterocycles. The second-order valence-electron chi connectivity index (χ2n) is 5.21. The van der Waals surface area contributed by atoms with Crippen LogP contribution in [0.4, 0.5) is 0 Å². The predicted molar refractivity (Wildman–Crippen MR) is 81.4 cm³/mol. The minimum absolute atomic E-state index is 0.283. The van der Waals surface area contributed by atoms with Crippen molar-refractivity contribution in [2.24, 2.45) is 5.92 Å². The van der Waals surface area contributed by atoms with E-state index in [1.807, 2.05) is 17.8 Å². The van der Waals surface area contributed by atoms with Crippen molar-refractivity contribution < 1.29 is 8.42 Å². The fourth-order valence-corrected chi connectivity index (χ4v) is 3.92. The summed E-state index contributed by atoms with van der Waals surface area (Å²) in [6.07, 6.45) is 2.50. The highest BCUT2D eigenvalue weighted by Crippen LogP contribution is 2.25. The van der Waals surface area contributed by atoms with Crippen molar-refractivity contribution in [3.8, 4) is 0 Å². The van der Waals surface area contributed by atoms with E-state index in [-0.39, 0.29) is 5.75 Å². The number of hydrogen-bond donors (Lipinski definition) is 0. The van der Waals surface area contributed by atoms with Gasteiger partial charge in [-0.2, -0.15) is 0 Å². The van der Waals surface area contributed by atoms with E-state index >= 15 is 0 Å².